The number of carbonyl (C=O) groups excluding carboxylic acids is 1. The van der Waals surface area contributed by atoms with E-state index >= 15 is 0 Å². The Morgan fingerprint density at radius 1 is 1.43 bits per heavy atom. The van der Waals surface area contributed by atoms with Gasteiger partial charge in [0.25, 0.3) is 5.91 Å². The molecule has 2 heterocycles. The number of likely N-dealkylation sites (tertiary alicyclic amines) is 1. The second-order valence-electron chi connectivity index (χ2n) is 5.29. The summed E-state index contributed by atoms with van der Waals surface area (Å²) in [6.07, 6.45) is 2.60. The van der Waals surface area contributed by atoms with Crippen molar-refractivity contribution in [1.29, 1.82) is 0 Å². The summed E-state index contributed by atoms with van der Waals surface area (Å²) >= 11 is 7.17. The molecule has 116 valence electrons. The maximum atomic E-state index is 12.4. The fourth-order valence-corrected chi connectivity index (χ4v) is 3.66. The van der Waals surface area contributed by atoms with Crippen LogP contribution in [-0.2, 0) is 4.79 Å². The molecule has 1 aromatic rings. The van der Waals surface area contributed by atoms with Gasteiger partial charge in [0.15, 0.2) is 0 Å². The molecule has 0 spiro atoms. The molecule has 1 N–H and O–H groups in total. The number of hydrogen-bond acceptors (Lipinski definition) is 4. The number of hydrogen-bond donors (Lipinski definition) is 1. The molecule has 1 aromatic heterocycles. The number of nitrogens with zero attached hydrogens (tertiary/aromatic N) is 2. The molecular weight excluding hydrogens is 312 g/mol. The molecular formula is C14H19ClN2O3S. The monoisotopic (exact) mass is 330 g/mol. The van der Waals surface area contributed by atoms with Crippen LogP contribution in [0.5, 0.6) is 0 Å². The molecule has 2 rings (SSSR count). The third kappa shape index (κ3) is 4.43. The Morgan fingerprint density at radius 2 is 2.19 bits per heavy atom. The van der Waals surface area contributed by atoms with Crippen LogP contribution in [0.25, 0.3) is 0 Å². The van der Waals surface area contributed by atoms with Gasteiger partial charge in [-0.3, -0.25) is 14.5 Å². The molecule has 0 aliphatic carbocycles. The van der Waals surface area contributed by atoms with Gasteiger partial charge in [0.1, 0.15) is 0 Å². The van der Waals surface area contributed by atoms with Gasteiger partial charge in [-0.15, -0.1) is 11.3 Å². The Bertz CT molecular complexity index is 520. The van der Waals surface area contributed by atoms with E-state index in [-0.39, 0.29) is 18.5 Å². The molecule has 0 aromatic carbocycles. The number of carboxylic acids is 1. The topological polar surface area (TPSA) is 60.9 Å². The number of thiophene rings is 1. The highest BCUT2D eigenvalue weighted by atomic mass is 35.5. The van der Waals surface area contributed by atoms with Crippen LogP contribution in [0.15, 0.2) is 12.1 Å². The summed E-state index contributed by atoms with van der Waals surface area (Å²) in [6.45, 7) is 1.41. The number of likely N-dealkylation sites (N-methyl/N-ethyl adjacent to an activating group) is 1. The first-order valence-electron chi connectivity index (χ1n) is 6.94. The third-order valence-electron chi connectivity index (χ3n) is 3.78. The summed E-state index contributed by atoms with van der Waals surface area (Å²) in [5.74, 6) is -0.795. The molecule has 0 saturated carbocycles. The molecule has 0 bridgehead atoms. The van der Waals surface area contributed by atoms with Crippen molar-refractivity contribution in [3.63, 3.8) is 0 Å². The van der Waals surface area contributed by atoms with E-state index in [0.717, 1.165) is 19.3 Å². The SMILES string of the molecule is CN(CC(=O)O)C1CCCN(C(=O)c2ccc(Cl)s2)CC1. The highest BCUT2D eigenvalue weighted by Crippen LogP contribution is 2.24. The van der Waals surface area contributed by atoms with Crippen LogP contribution in [0.1, 0.15) is 28.9 Å². The van der Waals surface area contributed by atoms with E-state index in [1.54, 1.807) is 12.1 Å². The minimum absolute atomic E-state index is 0.0217. The largest absolute Gasteiger partial charge is 0.480 e. The molecule has 1 unspecified atom stereocenters. The minimum Gasteiger partial charge on any atom is -0.480 e. The van der Waals surface area contributed by atoms with Crippen molar-refractivity contribution in [2.45, 2.75) is 25.3 Å². The quantitative estimate of drug-likeness (QED) is 0.921. The molecule has 1 atom stereocenters. The summed E-state index contributed by atoms with van der Waals surface area (Å²) in [5, 5.41) is 8.86. The Balaban J connectivity index is 1.94. The second-order valence-corrected chi connectivity index (χ2v) is 7.00. The van der Waals surface area contributed by atoms with Gasteiger partial charge in [-0.25, -0.2) is 0 Å². The van der Waals surface area contributed by atoms with Crippen molar-refractivity contribution in [2.24, 2.45) is 0 Å². The predicted molar refractivity (Wildman–Crippen MR) is 83.1 cm³/mol. The average Bonchev–Trinajstić information content (AvgIpc) is 2.71. The van der Waals surface area contributed by atoms with Crippen LogP contribution in [0.2, 0.25) is 4.34 Å². The third-order valence-corrected chi connectivity index (χ3v) is 5.00. The maximum Gasteiger partial charge on any atom is 0.317 e. The zero-order valence-corrected chi connectivity index (χ0v) is 13.5. The van der Waals surface area contributed by atoms with E-state index < -0.39 is 5.97 Å². The van der Waals surface area contributed by atoms with E-state index in [1.165, 1.54) is 11.3 Å². The highest BCUT2D eigenvalue weighted by molar-refractivity contribution is 7.17. The summed E-state index contributed by atoms with van der Waals surface area (Å²) in [5.41, 5.74) is 0. The average molecular weight is 331 g/mol. The van der Waals surface area contributed by atoms with Crippen molar-refractivity contribution in [2.75, 3.05) is 26.7 Å². The maximum absolute atomic E-state index is 12.4. The Hall–Kier alpha value is -1.11. The Kier molecular flexibility index (Phi) is 5.61. The fraction of sp³-hybridized carbons (Fsp3) is 0.571. The molecule has 7 heteroatoms. The predicted octanol–water partition coefficient (Wildman–Crippen LogP) is 2.41. The van der Waals surface area contributed by atoms with Crippen LogP contribution in [0, 0.1) is 0 Å². The Morgan fingerprint density at radius 3 is 2.81 bits per heavy atom. The first kappa shape index (κ1) is 16.3. The zero-order chi connectivity index (χ0) is 15.4. The van der Waals surface area contributed by atoms with E-state index in [0.29, 0.717) is 22.3 Å². The van der Waals surface area contributed by atoms with Crippen molar-refractivity contribution in [3.8, 4) is 0 Å². The van der Waals surface area contributed by atoms with Crippen molar-refractivity contribution >= 4 is 34.8 Å². The van der Waals surface area contributed by atoms with Crippen LogP contribution in [-0.4, -0.2) is 59.5 Å². The van der Waals surface area contributed by atoms with Crippen molar-refractivity contribution < 1.29 is 14.7 Å². The molecule has 5 nitrogen and oxygen atoms in total. The molecule has 1 aliphatic rings. The minimum atomic E-state index is -0.817. The number of amides is 1. The fourth-order valence-electron chi connectivity index (χ4n) is 2.65. The summed E-state index contributed by atoms with van der Waals surface area (Å²) in [4.78, 5) is 27.5. The van der Waals surface area contributed by atoms with Gasteiger partial charge >= 0.3 is 5.97 Å². The molecule has 1 fully saturated rings. The lowest BCUT2D eigenvalue weighted by atomic mass is 10.1. The normalized spacial score (nSPS) is 19.6. The summed E-state index contributed by atoms with van der Waals surface area (Å²) in [7, 11) is 1.83. The van der Waals surface area contributed by atoms with Gasteiger partial charge in [0, 0.05) is 19.1 Å². The second kappa shape index (κ2) is 7.24. The van der Waals surface area contributed by atoms with E-state index in [2.05, 4.69) is 0 Å². The number of rotatable bonds is 4. The number of aliphatic carboxylic acids is 1. The zero-order valence-electron chi connectivity index (χ0n) is 11.9. The number of carboxylic acid groups (broad SMARTS) is 1. The van der Waals surface area contributed by atoms with Crippen molar-refractivity contribution in [3.05, 3.63) is 21.3 Å². The molecule has 21 heavy (non-hydrogen) atoms. The standard InChI is InChI=1S/C14H19ClN2O3S/c1-16(9-13(18)19)10-3-2-7-17(8-6-10)14(20)11-4-5-12(15)21-11/h4-5,10H,2-3,6-9H2,1H3,(H,18,19). The van der Waals surface area contributed by atoms with Gasteiger partial charge in [0.05, 0.1) is 15.8 Å². The lowest BCUT2D eigenvalue weighted by molar-refractivity contribution is -0.138. The van der Waals surface area contributed by atoms with Crippen LogP contribution >= 0.6 is 22.9 Å². The molecule has 0 radical (unpaired) electrons. The highest BCUT2D eigenvalue weighted by Gasteiger charge is 2.25. The number of halogens is 1. The van der Waals surface area contributed by atoms with E-state index in [1.807, 2.05) is 16.8 Å². The lowest BCUT2D eigenvalue weighted by Crippen LogP contribution is -2.37. The Labute approximate surface area is 133 Å². The first-order valence-corrected chi connectivity index (χ1v) is 8.13. The first-order chi connectivity index (χ1) is 9.97. The van der Waals surface area contributed by atoms with Crippen LogP contribution in [0.3, 0.4) is 0 Å². The lowest BCUT2D eigenvalue weighted by Gasteiger charge is -2.25. The molecule has 1 amide bonds. The summed E-state index contributed by atoms with van der Waals surface area (Å²) in [6, 6.07) is 3.71. The number of carbonyl (C=O) groups is 2. The van der Waals surface area contributed by atoms with Gasteiger partial charge in [-0.1, -0.05) is 11.6 Å². The van der Waals surface area contributed by atoms with Crippen LogP contribution in [0.4, 0.5) is 0 Å². The van der Waals surface area contributed by atoms with Gasteiger partial charge < -0.3 is 10.0 Å². The smallest absolute Gasteiger partial charge is 0.317 e. The summed E-state index contributed by atoms with van der Waals surface area (Å²) < 4.78 is 0.618. The molecule has 1 aliphatic heterocycles. The van der Waals surface area contributed by atoms with E-state index in [4.69, 9.17) is 16.7 Å². The van der Waals surface area contributed by atoms with E-state index in [9.17, 15) is 9.59 Å². The van der Waals surface area contributed by atoms with Gasteiger partial charge in [-0.2, -0.15) is 0 Å². The van der Waals surface area contributed by atoms with Crippen molar-refractivity contribution in [1.82, 2.24) is 9.80 Å². The van der Waals surface area contributed by atoms with Crippen LogP contribution < -0.4 is 0 Å². The molecule has 1 saturated heterocycles. The van der Waals surface area contributed by atoms with Gasteiger partial charge in [-0.05, 0) is 38.4 Å². The van der Waals surface area contributed by atoms with Gasteiger partial charge in [0.2, 0.25) is 0 Å².